The number of methoxy groups -OCH3 is 1. The van der Waals surface area contributed by atoms with E-state index in [0.717, 1.165) is 25.2 Å². The summed E-state index contributed by atoms with van der Waals surface area (Å²) in [6, 6.07) is 0.108. The zero-order valence-electron chi connectivity index (χ0n) is 11.7. The Morgan fingerprint density at radius 1 is 1.47 bits per heavy atom. The molecule has 1 aliphatic rings. The summed E-state index contributed by atoms with van der Waals surface area (Å²) in [4.78, 5) is 11.6. The van der Waals surface area contributed by atoms with Crippen molar-refractivity contribution in [1.29, 1.82) is 0 Å². The van der Waals surface area contributed by atoms with Crippen LogP contribution in [0, 0.1) is 17.3 Å². The molecule has 0 aliphatic heterocycles. The summed E-state index contributed by atoms with van der Waals surface area (Å²) in [7, 11) is 1.46. The number of nitrogens with two attached hydrogens (primary N) is 1. The van der Waals surface area contributed by atoms with Crippen LogP contribution in [-0.2, 0) is 9.53 Å². The van der Waals surface area contributed by atoms with Gasteiger partial charge in [-0.25, -0.2) is 0 Å². The second-order valence-corrected chi connectivity index (χ2v) is 5.83. The minimum Gasteiger partial charge on any atom is -0.469 e. The van der Waals surface area contributed by atoms with Crippen molar-refractivity contribution in [2.75, 3.05) is 7.11 Å². The summed E-state index contributed by atoms with van der Waals surface area (Å²) in [6.07, 6.45) is 4.69. The number of esters is 1. The van der Waals surface area contributed by atoms with E-state index in [1.54, 1.807) is 0 Å². The Hall–Kier alpha value is -0.570. The maximum absolute atomic E-state index is 11.6. The van der Waals surface area contributed by atoms with E-state index in [1.807, 2.05) is 0 Å². The molecule has 4 atom stereocenters. The van der Waals surface area contributed by atoms with Crippen molar-refractivity contribution in [3.63, 3.8) is 0 Å². The average Bonchev–Trinajstić information content (AvgIpc) is 2.32. The molecule has 0 amide bonds. The van der Waals surface area contributed by atoms with Crippen LogP contribution < -0.4 is 5.73 Å². The molecular weight excluding hydrogens is 214 g/mol. The van der Waals surface area contributed by atoms with Gasteiger partial charge in [-0.3, -0.25) is 4.79 Å². The molecule has 1 aliphatic carbocycles. The van der Waals surface area contributed by atoms with Gasteiger partial charge in [0.2, 0.25) is 0 Å². The maximum Gasteiger partial charge on any atom is 0.306 e. The van der Waals surface area contributed by atoms with E-state index in [2.05, 4.69) is 20.8 Å². The highest BCUT2D eigenvalue weighted by Gasteiger charge is 2.43. The van der Waals surface area contributed by atoms with Gasteiger partial charge in [-0.2, -0.15) is 0 Å². The Labute approximate surface area is 105 Å². The lowest BCUT2D eigenvalue weighted by atomic mass is 9.61. The van der Waals surface area contributed by atoms with Gasteiger partial charge in [-0.05, 0) is 42.9 Å². The first-order valence-corrected chi connectivity index (χ1v) is 6.77. The normalized spacial score (nSPS) is 35.4. The minimum absolute atomic E-state index is 0.0340. The van der Waals surface area contributed by atoms with Crippen LogP contribution in [0.3, 0.4) is 0 Å². The third kappa shape index (κ3) is 3.21. The lowest BCUT2D eigenvalue weighted by Crippen LogP contribution is -2.47. The SMILES string of the molecule is CCC(N)C1(CC(=O)OC)CCC(C)C(C)C1. The van der Waals surface area contributed by atoms with Crippen LogP contribution in [0.15, 0.2) is 0 Å². The molecule has 0 spiro atoms. The molecule has 0 heterocycles. The van der Waals surface area contributed by atoms with Gasteiger partial charge in [0.25, 0.3) is 0 Å². The van der Waals surface area contributed by atoms with Gasteiger partial charge in [0.05, 0.1) is 13.5 Å². The number of hydrogen-bond donors (Lipinski definition) is 1. The largest absolute Gasteiger partial charge is 0.469 e. The minimum atomic E-state index is -0.115. The van der Waals surface area contributed by atoms with Gasteiger partial charge < -0.3 is 10.5 Å². The van der Waals surface area contributed by atoms with Gasteiger partial charge in [-0.1, -0.05) is 20.8 Å². The van der Waals surface area contributed by atoms with Gasteiger partial charge in [0.15, 0.2) is 0 Å². The molecule has 1 saturated carbocycles. The third-order valence-electron chi connectivity index (χ3n) is 4.75. The molecule has 2 N–H and O–H groups in total. The fourth-order valence-electron chi connectivity index (χ4n) is 3.17. The lowest BCUT2D eigenvalue weighted by molar-refractivity contribution is -0.145. The predicted molar refractivity (Wildman–Crippen MR) is 69.5 cm³/mol. The van der Waals surface area contributed by atoms with Crippen LogP contribution in [0.5, 0.6) is 0 Å². The van der Waals surface area contributed by atoms with Crippen LogP contribution >= 0.6 is 0 Å². The van der Waals surface area contributed by atoms with E-state index < -0.39 is 0 Å². The molecule has 3 heteroatoms. The van der Waals surface area contributed by atoms with Crippen LogP contribution in [0.2, 0.25) is 0 Å². The quantitative estimate of drug-likeness (QED) is 0.770. The number of ether oxygens (including phenoxy) is 1. The number of rotatable bonds is 4. The molecule has 4 unspecified atom stereocenters. The van der Waals surface area contributed by atoms with Crippen molar-refractivity contribution in [3.05, 3.63) is 0 Å². The summed E-state index contributed by atoms with van der Waals surface area (Å²) >= 11 is 0. The highest BCUT2D eigenvalue weighted by molar-refractivity contribution is 5.70. The molecule has 1 rings (SSSR count). The molecular formula is C14H27NO2. The smallest absolute Gasteiger partial charge is 0.306 e. The third-order valence-corrected chi connectivity index (χ3v) is 4.75. The van der Waals surface area contributed by atoms with E-state index in [9.17, 15) is 4.79 Å². The Morgan fingerprint density at radius 3 is 2.59 bits per heavy atom. The van der Waals surface area contributed by atoms with E-state index in [0.29, 0.717) is 12.3 Å². The summed E-state index contributed by atoms with van der Waals surface area (Å²) in [5, 5.41) is 0. The van der Waals surface area contributed by atoms with E-state index in [4.69, 9.17) is 10.5 Å². The standard InChI is InChI=1S/C14H27NO2/c1-5-12(15)14(9-13(16)17-4)7-6-10(2)11(3)8-14/h10-12H,5-9,15H2,1-4H3. The second kappa shape index (κ2) is 5.85. The highest BCUT2D eigenvalue weighted by atomic mass is 16.5. The van der Waals surface area contributed by atoms with E-state index in [-0.39, 0.29) is 17.4 Å². The van der Waals surface area contributed by atoms with E-state index >= 15 is 0 Å². The van der Waals surface area contributed by atoms with E-state index in [1.165, 1.54) is 13.5 Å². The second-order valence-electron chi connectivity index (χ2n) is 5.83. The Morgan fingerprint density at radius 2 is 2.12 bits per heavy atom. The summed E-state index contributed by atoms with van der Waals surface area (Å²) in [5.74, 6) is 1.27. The van der Waals surface area contributed by atoms with Crippen molar-refractivity contribution in [3.8, 4) is 0 Å². The molecule has 0 aromatic rings. The fraction of sp³-hybridized carbons (Fsp3) is 0.929. The fourth-order valence-corrected chi connectivity index (χ4v) is 3.17. The molecule has 0 saturated heterocycles. The van der Waals surface area contributed by atoms with Gasteiger partial charge in [0.1, 0.15) is 0 Å². The molecule has 0 bridgehead atoms. The molecule has 3 nitrogen and oxygen atoms in total. The van der Waals surface area contributed by atoms with Crippen molar-refractivity contribution in [2.45, 2.75) is 58.9 Å². The van der Waals surface area contributed by atoms with Crippen LogP contribution in [0.1, 0.15) is 52.9 Å². The lowest BCUT2D eigenvalue weighted by Gasteiger charge is -2.45. The van der Waals surface area contributed by atoms with Crippen molar-refractivity contribution < 1.29 is 9.53 Å². The van der Waals surface area contributed by atoms with Gasteiger partial charge in [-0.15, -0.1) is 0 Å². The average molecular weight is 241 g/mol. The monoisotopic (exact) mass is 241 g/mol. The number of carbonyl (C=O) groups is 1. The molecule has 1 fully saturated rings. The molecule has 0 radical (unpaired) electrons. The number of carbonyl (C=O) groups excluding carboxylic acids is 1. The summed E-state index contributed by atoms with van der Waals surface area (Å²) in [6.45, 7) is 6.68. The number of hydrogen-bond acceptors (Lipinski definition) is 3. The molecule has 0 aromatic heterocycles. The maximum atomic E-state index is 11.6. The Bertz CT molecular complexity index is 267. The van der Waals surface area contributed by atoms with Gasteiger partial charge >= 0.3 is 5.97 Å². The topological polar surface area (TPSA) is 52.3 Å². The Kier molecular flexibility index (Phi) is 4.99. The summed E-state index contributed by atoms with van der Waals surface area (Å²) < 4.78 is 4.84. The van der Waals surface area contributed by atoms with Crippen LogP contribution in [-0.4, -0.2) is 19.1 Å². The van der Waals surface area contributed by atoms with Crippen LogP contribution in [0.4, 0.5) is 0 Å². The highest BCUT2D eigenvalue weighted by Crippen LogP contribution is 2.47. The van der Waals surface area contributed by atoms with Crippen LogP contribution in [0.25, 0.3) is 0 Å². The predicted octanol–water partition coefficient (Wildman–Crippen LogP) is 2.73. The first-order valence-electron chi connectivity index (χ1n) is 6.77. The Balaban J connectivity index is 2.83. The molecule has 100 valence electrons. The van der Waals surface area contributed by atoms with Crippen molar-refractivity contribution in [2.24, 2.45) is 23.0 Å². The van der Waals surface area contributed by atoms with Crippen molar-refractivity contribution >= 4 is 5.97 Å². The van der Waals surface area contributed by atoms with Gasteiger partial charge in [0, 0.05) is 6.04 Å². The first kappa shape index (κ1) is 14.5. The zero-order valence-corrected chi connectivity index (χ0v) is 11.7. The summed E-state index contributed by atoms with van der Waals surface area (Å²) in [5.41, 5.74) is 6.25. The molecule has 0 aromatic carbocycles. The zero-order chi connectivity index (χ0) is 13.1. The first-order chi connectivity index (χ1) is 7.95. The molecule has 17 heavy (non-hydrogen) atoms. The van der Waals surface area contributed by atoms with Crippen molar-refractivity contribution in [1.82, 2.24) is 0 Å².